The van der Waals surface area contributed by atoms with E-state index < -0.39 is 0 Å². The predicted octanol–water partition coefficient (Wildman–Crippen LogP) is 1.43. The average Bonchev–Trinajstić information content (AvgIpc) is 3.07. The molecule has 1 unspecified atom stereocenters. The van der Waals surface area contributed by atoms with Gasteiger partial charge in [0.1, 0.15) is 5.82 Å². The number of halogens is 1. The molecule has 1 saturated heterocycles. The first kappa shape index (κ1) is 21.4. The number of aromatic nitrogens is 2. The summed E-state index contributed by atoms with van der Waals surface area (Å²) < 4.78 is 4.37. The molecule has 2 N–H and O–H groups in total. The summed E-state index contributed by atoms with van der Waals surface area (Å²) in [5, 5.41) is 13.5. The number of aliphatic hydroxyl groups is 1. The van der Waals surface area contributed by atoms with Crippen molar-refractivity contribution in [3.05, 3.63) is 5.82 Å². The normalized spacial score (nSPS) is 16.8. The van der Waals surface area contributed by atoms with Crippen LogP contribution in [0, 0.1) is 5.92 Å². The van der Waals surface area contributed by atoms with Crippen LogP contribution in [-0.4, -0.2) is 71.2 Å². The lowest BCUT2D eigenvalue weighted by molar-refractivity contribution is 0.241. The maximum absolute atomic E-state index is 9.15. The Bertz CT molecular complexity index is 504. The first-order chi connectivity index (χ1) is 11.2. The fourth-order valence-corrected chi connectivity index (χ4v) is 3.15. The molecular formula is C15H29IN6OS. The molecule has 1 aliphatic rings. The van der Waals surface area contributed by atoms with Gasteiger partial charge in [-0.2, -0.15) is 4.37 Å². The Kier molecular flexibility index (Phi) is 9.82. The smallest absolute Gasteiger partial charge is 0.205 e. The van der Waals surface area contributed by atoms with Crippen molar-refractivity contribution in [1.82, 2.24) is 19.6 Å². The van der Waals surface area contributed by atoms with E-state index in [1.54, 1.807) is 0 Å². The van der Waals surface area contributed by atoms with E-state index in [1.807, 2.05) is 6.92 Å². The van der Waals surface area contributed by atoms with Gasteiger partial charge in [0.25, 0.3) is 0 Å². The maximum atomic E-state index is 9.15. The second kappa shape index (κ2) is 11.0. The van der Waals surface area contributed by atoms with Gasteiger partial charge in [0.15, 0.2) is 5.96 Å². The number of guanidine groups is 1. The van der Waals surface area contributed by atoms with E-state index in [1.165, 1.54) is 11.5 Å². The predicted molar refractivity (Wildman–Crippen MR) is 111 cm³/mol. The number of aryl methyl sites for hydroxylation is 1. The zero-order chi connectivity index (χ0) is 16.7. The minimum Gasteiger partial charge on any atom is -0.396 e. The Hall–Kier alpha value is -0.680. The minimum atomic E-state index is 0. The lowest BCUT2D eigenvalue weighted by atomic mass is 10.2. The van der Waals surface area contributed by atoms with Crippen LogP contribution in [-0.2, 0) is 6.42 Å². The van der Waals surface area contributed by atoms with Gasteiger partial charge in [-0.3, -0.25) is 4.99 Å². The van der Waals surface area contributed by atoms with Crippen molar-refractivity contribution in [3.8, 4) is 0 Å². The van der Waals surface area contributed by atoms with E-state index in [9.17, 15) is 0 Å². The lowest BCUT2D eigenvalue weighted by Crippen LogP contribution is -2.52. The maximum Gasteiger partial charge on any atom is 0.205 e. The third-order valence-electron chi connectivity index (χ3n) is 3.82. The highest BCUT2D eigenvalue weighted by atomic mass is 127. The van der Waals surface area contributed by atoms with Gasteiger partial charge in [-0.05, 0) is 12.8 Å². The molecule has 1 atom stereocenters. The van der Waals surface area contributed by atoms with E-state index in [2.05, 4.69) is 43.3 Å². The molecule has 0 saturated carbocycles. The van der Waals surface area contributed by atoms with Crippen molar-refractivity contribution in [3.63, 3.8) is 0 Å². The molecule has 0 aliphatic carbocycles. The van der Waals surface area contributed by atoms with Crippen molar-refractivity contribution in [2.45, 2.75) is 27.2 Å². The fraction of sp³-hybridized carbons (Fsp3) is 0.800. The lowest BCUT2D eigenvalue weighted by Gasteiger charge is -2.36. The average molecular weight is 468 g/mol. The molecule has 138 valence electrons. The molecule has 7 nitrogen and oxygen atoms in total. The summed E-state index contributed by atoms with van der Waals surface area (Å²) in [6, 6.07) is 0. The molecule has 1 aromatic rings. The van der Waals surface area contributed by atoms with Crippen LogP contribution in [0.1, 0.15) is 26.6 Å². The number of anilines is 1. The fourth-order valence-electron chi connectivity index (χ4n) is 2.35. The molecule has 1 aromatic heterocycles. The summed E-state index contributed by atoms with van der Waals surface area (Å²) in [4.78, 5) is 13.8. The largest absolute Gasteiger partial charge is 0.396 e. The van der Waals surface area contributed by atoms with E-state index >= 15 is 0 Å². The van der Waals surface area contributed by atoms with E-state index in [-0.39, 0.29) is 36.5 Å². The first-order valence-corrected chi connectivity index (χ1v) is 9.16. The van der Waals surface area contributed by atoms with Crippen molar-refractivity contribution >= 4 is 46.6 Å². The molecule has 0 spiro atoms. The third kappa shape index (κ3) is 5.99. The van der Waals surface area contributed by atoms with Crippen molar-refractivity contribution in [2.24, 2.45) is 10.9 Å². The van der Waals surface area contributed by atoms with Crippen LogP contribution in [0.15, 0.2) is 4.99 Å². The zero-order valence-electron chi connectivity index (χ0n) is 14.7. The molecule has 2 rings (SSSR count). The standard InChI is InChI=1S/C15H28N6OS.HI/c1-4-13-18-15(23-19-13)21-8-6-20(7-9-21)14(16-5-2)17-10-12(3)11-22;/h12,22H,4-11H2,1-3H3,(H,16,17);1H. The van der Waals surface area contributed by atoms with E-state index in [0.717, 1.165) is 56.1 Å². The molecule has 0 radical (unpaired) electrons. The van der Waals surface area contributed by atoms with Gasteiger partial charge in [0, 0.05) is 63.8 Å². The van der Waals surface area contributed by atoms with Crippen LogP contribution in [0.5, 0.6) is 0 Å². The van der Waals surface area contributed by atoms with Crippen LogP contribution in [0.4, 0.5) is 5.13 Å². The quantitative estimate of drug-likeness (QED) is 0.374. The van der Waals surface area contributed by atoms with Gasteiger partial charge >= 0.3 is 0 Å². The summed E-state index contributed by atoms with van der Waals surface area (Å²) in [5.74, 6) is 2.07. The Balaban J connectivity index is 0.00000288. The number of nitrogens with zero attached hydrogens (tertiary/aromatic N) is 5. The van der Waals surface area contributed by atoms with Crippen molar-refractivity contribution in [2.75, 3.05) is 50.8 Å². The summed E-state index contributed by atoms with van der Waals surface area (Å²) >= 11 is 1.49. The number of piperazine rings is 1. The van der Waals surface area contributed by atoms with Gasteiger partial charge in [-0.15, -0.1) is 24.0 Å². The Morgan fingerprint density at radius 3 is 2.58 bits per heavy atom. The SMILES string of the molecule is CCNC(=NCC(C)CO)N1CCN(c2nc(CC)ns2)CC1.I. The van der Waals surface area contributed by atoms with Gasteiger partial charge < -0.3 is 20.2 Å². The number of rotatable bonds is 6. The number of hydrogen-bond acceptors (Lipinski definition) is 6. The molecule has 9 heteroatoms. The summed E-state index contributed by atoms with van der Waals surface area (Å²) in [7, 11) is 0. The first-order valence-electron chi connectivity index (χ1n) is 8.39. The molecule has 2 heterocycles. The van der Waals surface area contributed by atoms with Gasteiger partial charge in [-0.1, -0.05) is 13.8 Å². The van der Waals surface area contributed by atoms with Crippen LogP contribution in [0.2, 0.25) is 0 Å². The number of hydrogen-bond donors (Lipinski definition) is 2. The summed E-state index contributed by atoms with van der Waals surface area (Å²) in [5.41, 5.74) is 0. The topological polar surface area (TPSA) is 76.9 Å². The zero-order valence-corrected chi connectivity index (χ0v) is 17.9. The van der Waals surface area contributed by atoms with Crippen molar-refractivity contribution in [1.29, 1.82) is 0 Å². The van der Waals surface area contributed by atoms with E-state index in [0.29, 0.717) is 6.54 Å². The number of aliphatic hydroxyl groups excluding tert-OH is 1. The second-order valence-corrected chi connectivity index (χ2v) is 6.53. The molecular weight excluding hydrogens is 439 g/mol. The molecule has 0 amide bonds. The van der Waals surface area contributed by atoms with E-state index in [4.69, 9.17) is 5.11 Å². The Morgan fingerprint density at radius 2 is 2.04 bits per heavy atom. The van der Waals surface area contributed by atoms with Crippen LogP contribution in [0.25, 0.3) is 0 Å². The third-order valence-corrected chi connectivity index (χ3v) is 4.64. The Labute approximate surface area is 165 Å². The highest BCUT2D eigenvalue weighted by Crippen LogP contribution is 2.19. The minimum absolute atomic E-state index is 0. The van der Waals surface area contributed by atoms with Gasteiger partial charge in [0.05, 0.1) is 0 Å². The summed E-state index contributed by atoms with van der Waals surface area (Å²) in [6.07, 6.45) is 0.886. The second-order valence-electron chi connectivity index (χ2n) is 5.80. The molecule has 1 aliphatic heterocycles. The Morgan fingerprint density at radius 1 is 1.33 bits per heavy atom. The number of nitrogens with one attached hydrogen (secondary N) is 1. The summed E-state index contributed by atoms with van der Waals surface area (Å²) in [6.45, 7) is 11.5. The van der Waals surface area contributed by atoms with Crippen LogP contribution < -0.4 is 10.2 Å². The van der Waals surface area contributed by atoms with Crippen LogP contribution >= 0.6 is 35.5 Å². The van der Waals surface area contributed by atoms with Gasteiger partial charge in [-0.25, -0.2) is 4.98 Å². The molecule has 24 heavy (non-hydrogen) atoms. The highest BCUT2D eigenvalue weighted by Gasteiger charge is 2.22. The monoisotopic (exact) mass is 468 g/mol. The van der Waals surface area contributed by atoms with Crippen molar-refractivity contribution < 1.29 is 5.11 Å². The van der Waals surface area contributed by atoms with Crippen LogP contribution in [0.3, 0.4) is 0 Å². The van der Waals surface area contributed by atoms with Gasteiger partial charge in [0.2, 0.25) is 5.13 Å². The highest BCUT2D eigenvalue weighted by molar-refractivity contribution is 14.0. The molecule has 1 fully saturated rings. The molecule has 0 bridgehead atoms. The molecule has 0 aromatic carbocycles. The number of aliphatic imine (C=N–C) groups is 1.